The zero-order chi connectivity index (χ0) is 10.7. The molecule has 2 rings (SSSR count). The second kappa shape index (κ2) is 4.73. The van der Waals surface area contributed by atoms with Crippen LogP contribution in [-0.4, -0.2) is 13.2 Å². The van der Waals surface area contributed by atoms with E-state index >= 15 is 0 Å². The highest BCUT2D eigenvalue weighted by Crippen LogP contribution is 2.33. The Bertz CT molecular complexity index is 323. The van der Waals surface area contributed by atoms with Crippen molar-refractivity contribution in [1.82, 2.24) is 0 Å². The van der Waals surface area contributed by atoms with Crippen LogP contribution in [-0.2, 0) is 11.3 Å². The molecule has 1 aliphatic heterocycles. The molecular formula is C12H16FNO. The molecule has 1 saturated heterocycles. The molecule has 0 aromatic heterocycles. The molecule has 0 bridgehead atoms. The molecule has 1 aromatic carbocycles. The molecule has 0 aliphatic carbocycles. The second-order valence-electron chi connectivity index (χ2n) is 3.93. The lowest BCUT2D eigenvalue weighted by Gasteiger charge is -2.17. The third-order valence-corrected chi connectivity index (χ3v) is 2.95. The Hall–Kier alpha value is -0.930. The van der Waals surface area contributed by atoms with Gasteiger partial charge < -0.3 is 10.5 Å². The highest BCUT2D eigenvalue weighted by Gasteiger charge is 2.27. The minimum Gasteiger partial charge on any atom is -0.381 e. The number of halogens is 1. The van der Waals surface area contributed by atoms with Gasteiger partial charge in [-0.15, -0.1) is 0 Å². The molecule has 2 atom stereocenters. The van der Waals surface area contributed by atoms with Crippen molar-refractivity contribution in [1.29, 1.82) is 0 Å². The van der Waals surface area contributed by atoms with Crippen molar-refractivity contribution in [3.63, 3.8) is 0 Å². The van der Waals surface area contributed by atoms with E-state index in [1.807, 2.05) is 24.3 Å². The summed E-state index contributed by atoms with van der Waals surface area (Å²) in [5, 5.41) is 0. The number of benzene rings is 1. The lowest BCUT2D eigenvalue weighted by atomic mass is 9.93. The van der Waals surface area contributed by atoms with E-state index in [1.54, 1.807) is 0 Å². The van der Waals surface area contributed by atoms with Gasteiger partial charge in [0.1, 0.15) is 6.17 Å². The number of ether oxygens (including phenoxy) is 1. The number of alkyl halides is 1. The monoisotopic (exact) mass is 209 g/mol. The van der Waals surface area contributed by atoms with Crippen LogP contribution in [0, 0.1) is 5.92 Å². The summed E-state index contributed by atoms with van der Waals surface area (Å²) in [6.07, 6.45) is -0.132. The van der Waals surface area contributed by atoms with Gasteiger partial charge in [-0.3, -0.25) is 0 Å². The first-order chi connectivity index (χ1) is 7.33. The maximum atomic E-state index is 14.2. The molecule has 0 saturated carbocycles. The number of rotatable bonds is 3. The predicted molar refractivity (Wildman–Crippen MR) is 57.1 cm³/mol. The summed E-state index contributed by atoms with van der Waals surface area (Å²) in [4.78, 5) is 0. The van der Waals surface area contributed by atoms with Crippen LogP contribution in [0.2, 0.25) is 0 Å². The van der Waals surface area contributed by atoms with Crippen molar-refractivity contribution in [3.8, 4) is 0 Å². The number of hydrogen-bond donors (Lipinski definition) is 1. The van der Waals surface area contributed by atoms with E-state index in [-0.39, 0.29) is 5.92 Å². The molecule has 0 amide bonds. The topological polar surface area (TPSA) is 35.2 Å². The van der Waals surface area contributed by atoms with Gasteiger partial charge in [0.2, 0.25) is 0 Å². The first-order valence-corrected chi connectivity index (χ1v) is 5.32. The van der Waals surface area contributed by atoms with Crippen LogP contribution in [0.15, 0.2) is 24.3 Å². The molecule has 2 nitrogen and oxygen atoms in total. The molecule has 2 unspecified atom stereocenters. The highest BCUT2D eigenvalue weighted by molar-refractivity contribution is 5.29. The first-order valence-electron chi connectivity index (χ1n) is 5.32. The van der Waals surface area contributed by atoms with Gasteiger partial charge in [-0.2, -0.15) is 0 Å². The smallest absolute Gasteiger partial charge is 0.131 e. The summed E-state index contributed by atoms with van der Waals surface area (Å²) in [6.45, 7) is 1.60. The maximum absolute atomic E-state index is 14.2. The molecule has 1 aliphatic rings. The largest absolute Gasteiger partial charge is 0.381 e. The Morgan fingerprint density at radius 1 is 1.47 bits per heavy atom. The molecule has 15 heavy (non-hydrogen) atoms. The summed E-state index contributed by atoms with van der Waals surface area (Å²) in [6, 6.07) is 7.46. The average Bonchev–Trinajstić information content (AvgIpc) is 2.81. The quantitative estimate of drug-likeness (QED) is 0.828. The normalized spacial score (nSPS) is 22.9. The van der Waals surface area contributed by atoms with E-state index < -0.39 is 6.17 Å². The van der Waals surface area contributed by atoms with E-state index in [4.69, 9.17) is 10.5 Å². The van der Waals surface area contributed by atoms with Gasteiger partial charge in [0.05, 0.1) is 6.61 Å². The molecule has 1 fully saturated rings. The maximum Gasteiger partial charge on any atom is 0.131 e. The van der Waals surface area contributed by atoms with E-state index in [0.29, 0.717) is 19.8 Å². The van der Waals surface area contributed by atoms with Gasteiger partial charge in [0, 0.05) is 19.1 Å². The van der Waals surface area contributed by atoms with Gasteiger partial charge >= 0.3 is 0 Å². The molecule has 0 spiro atoms. The van der Waals surface area contributed by atoms with Crippen LogP contribution in [0.4, 0.5) is 4.39 Å². The fraction of sp³-hybridized carbons (Fsp3) is 0.500. The SMILES string of the molecule is NCc1ccccc1C(F)C1CCOC1. The standard InChI is InChI=1S/C12H16FNO/c13-12(10-5-6-15-8-10)11-4-2-1-3-9(11)7-14/h1-4,10,12H,5-8,14H2. The molecule has 1 aromatic rings. The fourth-order valence-electron chi connectivity index (χ4n) is 2.03. The van der Waals surface area contributed by atoms with Crippen LogP contribution in [0.3, 0.4) is 0 Å². The van der Waals surface area contributed by atoms with Crippen molar-refractivity contribution in [2.45, 2.75) is 19.1 Å². The van der Waals surface area contributed by atoms with Crippen molar-refractivity contribution >= 4 is 0 Å². The fourth-order valence-corrected chi connectivity index (χ4v) is 2.03. The number of hydrogen-bond acceptors (Lipinski definition) is 2. The molecule has 2 N–H and O–H groups in total. The molecule has 82 valence electrons. The average molecular weight is 209 g/mol. The van der Waals surface area contributed by atoms with Crippen molar-refractivity contribution in [2.24, 2.45) is 11.7 Å². The Balaban J connectivity index is 2.19. The minimum absolute atomic E-state index is 0.00213. The highest BCUT2D eigenvalue weighted by atomic mass is 19.1. The lowest BCUT2D eigenvalue weighted by molar-refractivity contribution is 0.155. The van der Waals surface area contributed by atoms with Gasteiger partial charge in [-0.25, -0.2) is 4.39 Å². The summed E-state index contributed by atoms with van der Waals surface area (Å²) in [7, 11) is 0. The lowest BCUT2D eigenvalue weighted by Crippen LogP contribution is -2.12. The molecule has 0 radical (unpaired) electrons. The summed E-state index contributed by atoms with van der Waals surface area (Å²) in [5.74, 6) is -0.00213. The van der Waals surface area contributed by atoms with Crippen molar-refractivity contribution in [2.75, 3.05) is 13.2 Å². The van der Waals surface area contributed by atoms with Crippen LogP contribution in [0.25, 0.3) is 0 Å². The van der Waals surface area contributed by atoms with Gasteiger partial charge in [0.25, 0.3) is 0 Å². The van der Waals surface area contributed by atoms with Gasteiger partial charge in [-0.1, -0.05) is 24.3 Å². The zero-order valence-corrected chi connectivity index (χ0v) is 8.66. The van der Waals surface area contributed by atoms with E-state index in [0.717, 1.165) is 17.5 Å². The summed E-state index contributed by atoms with van der Waals surface area (Å²) >= 11 is 0. The third-order valence-electron chi connectivity index (χ3n) is 2.95. The van der Waals surface area contributed by atoms with Gasteiger partial charge in [0.15, 0.2) is 0 Å². The predicted octanol–water partition coefficient (Wildman–Crippen LogP) is 2.19. The second-order valence-corrected chi connectivity index (χ2v) is 3.93. The van der Waals surface area contributed by atoms with E-state index in [9.17, 15) is 4.39 Å². The minimum atomic E-state index is -0.938. The molecule has 1 heterocycles. The first kappa shape index (κ1) is 10.6. The third kappa shape index (κ3) is 2.19. The van der Waals surface area contributed by atoms with Crippen LogP contribution in [0.1, 0.15) is 23.7 Å². The number of nitrogens with two attached hydrogens (primary N) is 1. The Kier molecular flexibility index (Phi) is 3.34. The van der Waals surface area contributed by atoms with E-state index in [2.05, 4.69) is 0 Å². The van der Waals surface area contributed by atoms with Crippen molar-refractivity contribution in [3.05, 3.63) is 35.4 Å². The Morgan fingerprint density at radius 2 is 2.27 bits per heavy atom. The Morgan fingerprint density at radius 3 is 2.93 bits per heavy atom. The van der Waals surface area contributed by atoms with Gasteiger partial charge in [-0.05, 0) is 17.5 Å². The zero-order valence-electron chi connectivity index (χ0n) is 8.66. The van der Waals surface area contributed by atoms with Crippen LogP contribution < -0.4 is 5.73 Å². The van der Waals surface area contributed by atoms with Crippen LogP contribution >= 0.6 is 0 Å². The van der Waals surface area contributed by atoms with Crippen LogP contribution in [0.5, 0.6) is 0 Å². The summed E-state index contributed by atoms with van der Waals surface area (Å²) in [5.41, 5.74) is 7.22. The molecular weight excluding hydrogens is 193 g/mol. The van der Waals surface area contributed by atoms with Crippen molar-refractivity contribution < 1.29 is 9.13 Å². The van der Waals surface area contributed by atoms with E-state index in [1.165, 1.54) is 0 Å². The molecule has 3 heteroatoms. The Labute approximate surface area is 89.2 Å². The summed E-state index contributed by atoms with van der Waals surface area (Å²) < 4.78 is 19.4.